The van der Waals surface area contributed by atoms with Gasteiger partial charge >= 0.3 is 0 Å². The summed E-state index contributed by atoms with van der Waals surface area (Å²) in [6, 6.07) is 41.8. The molecule has 1 aliphatic heterocycles. The van der Waals surface area contributed by atoms with Crippen LogP contribution in [0.4, 0.5) is 0 Å². The quantitative estimate of drug-likeness (QED) is 0.253. The molecule has 0 spiro atoms. The highest BCUT2D eigenvalue weighted by Crippen LogP contribution is 2.54. The van der Waals surface area contributed by atoms with E-state index in [4.69, 9.17) is 4.74 Å². The van der Waals surface area contributed by atoms with Crippen LogP contribution < -0.4 is 4.74 Å². The van der Waals surface area contributed by atoms with Crippen molar-refractivity contribution in [3.8, 4) is 33.8 Å². The molecule has 0 fully saturated rings. The third kappa shape index (κ3) is 2.83. The third-order valence-corrected chi connectivity index (χ3v) is 8.43. The van der Waals surface area contributed by atoms with Gasteiger partial charge in [-0.25, -0.2) is 0 Å². The van der Waals surface area contributed by atoms with Crippen molar-refractivity contribution in [1.29, 1.82) is 0 Å². The summed E-state index contributed by atoms with van der Waals surface area (Å²) in [5, 5.41) is 0. The molecule has 36 heavy (non-hydrogen) atoms. The smallest absolute Gasteiger partial charge is 0.132 e. The van der Waals surface area contributed by atoms with E-state index in [-0.39, 0.29) is 10.8 Å². The topological polar surface area (TPSA) is 9.23 Å². The van der Waals surface area contributed by atoms with Crippen LogP contribution in [-0.4, -0.2) is 0 Å². The Balaban J connectivity index is 1.38. The average molecular weight is 465 g/mol. The minimum absolute atomic E-state index is 0.103. The first-order valence-electron chi connectivity index (χ1n) is 12.7. The van der Waals surface area contributed by atoms with Gasteiger partial charge in [0.2, 0.25) is 0 Å². The molecule has 1 heteroatoms. The van der Waals surface area contributed by atoms with E-state index in [9.17, 15) is 0 Å². The second-order valence-electron chi connectivity index (χ2n) is 10.7. The zero-order valence-electron chi connectivity index (χ0n) is 20.9. The molecular formula is C35H28O. The summed E-state index contributed by atoms with van der Waals surface area (Å²) in [5.74, 6) is 1.90. The summed E-state index contributed by atoms with van der Waals surface area (Å²) in [7, 11) is 0. The fraction of sp³-hybridized carbons (Fsp3) is 0.143. The van der Waals surface area contributed by atoms with Crippen molar-refractivity contribution < 1.29 is 4.74 Å². The lowest BCUT2D eigenvalue weighted by molar-refractivity contribution is 0.418. The second-order valence-corrected chi connectivity index (χ2v) is 10.7. The highest BCUT2D eigenvalue weighted by Gasteiger charge is 2.41. The van der Waals surface area contributed by atoms with Gasteiger partial charge in [0, 0.05) is 22.0 Å². The van der Waals surface area contributed by atoms with Gasteiger partial charge in [-0.3, -0.25) is 0 Å². The maximum absolute atomic E-state index is 6.43. The minimum atomic E-state index is -0.200. The van der Waals surface area contributed by atoms with Gasteiger partial charge in [0.1, 0.15) is 11.5 Å². The lowest BCUT2D eigenvalue weighted by Gasteiger charge is -2.34. The van der Waals surface area contributed by atoms with E-state index in [0.29, 0.717) is 0 Å². The van der Waals surface area contributed by atoms with Crippen molar-refractivity contribution >= 4 is 0 Å². The van der Waals surface area contributed by atoms with Crippen LogP contribution in [-0.2, 0) is 10.8 Å². The van der Waals surface area contributed by atoms with Crippen LogP contribution in [0.5, 0.6) is 11.5 Å². The summed E-state index contributed by atoms with van der Waals surface area (Å²) in [6.07, 6.45) is 0. The van der Waals surface area contributed by atoms with Gasteiger partial charge < -0.3 is 4.74 Å². The molecule has 174 valence electrons. The molecule has 2 aliphatic rings. The molecule has 1 unspecified atom stereocenters. The van der Waals surface area contributed by atoms with Crippen LogP contribution in [0.2, 0.25) is 0 Å². The predicted molar refractivity (Wildman–Crippen MR) is 148 cm³/mol. The highest BCUT2D eigenvalue weighted by atomic mass is 16.5. The van der Waals surface area contributed by atoms with Crippen LogP contribution in [0, 0.1) is 0 Å². The van der Waals surface area contributed by atoms with Gasteiger partial charge in [-0.05, 0) is 64.1 Å². The van der Waals surface area contributed by atoms with Crippen LogP contribution in [0.1, 0.15) is 48.6 Å². The number of hydrogen-bond acceptors (Lipinski definition) is 1. The fourth-order valence-electron chi connectivity index (χ4n) is 6.39. The molecule has 5 aromatic carbocycles. The summed E-state index contributed by atoms with van der Waals surface area (Å²) < 4.78 is 6.43. The Bertz CT molecular complexity index is 1640. The molecule has 0 aromatic heterocycles. The summed E-state index contributed by atoms with van der Waals surface area (Å²) in [5.41, 5.74) is 11.3. The van der Waals surface area contributed by atoms with E-state index in [1.807, 2.05) is 6.07 Å². The van der Waals surface area contributed by atoms with E-state index in [1.54, 1.807) is 0 Å². The molecule has 1 aliphatic carbocycles. The molecule has 0 bridgehead atoms. The molecule has 1 atom stereocenters. The number of benzene rings is 5. The number of fused-ring (bicyclic) bond motifs is 5. The Morgan fingerprint density at radius 1 is 0.472 bits per heavy atom. The summed E-state index contributed by atoms with van der Waals surface area (Å²) in [4.78, 5) is 0. The first kappa shape index (κ1) is 21.2. The maximum Gasteiger partial charge on any atom is 0.132 e. The van der Waals surface area contributed by atoms with E-state index < -0.39 is 0 Å². The second kappa shape index (κ2) is 7.45. The predicted octanol–water partition coefficient (Wildman–Crippen LogP) is 9.12. The van der Waals surface area contributed by atoms with Gasteiger partial charge in [0.05, 0.1) is 0 Å². The fourth-order valence-corrected chi connectivity index (χ4v) is 6.39. The lowest BCUT2D eigenvalue weighted by atomic mass is 9.73. The molecule has 0 N–H and O–H groups in total. The Hall–Kier alpha value is -4.10. The molecule has 0 amide bonds. The van der Waals surface area contributed by atoms with Crippen LogP contribution in [0.3, 0.4) is 0 Å². The Kier molecular flexibility index (Phi) is 4.39. The van der Waals surface area contributed by atoms with Crippen molar-refractivity contribution in [2.24, 2.45) is 0 Å². The SMILES string of the molecule is CC1(C)c2ccccc2Oc2cc(-c3ccc4c(c3)C(C)(c3ccccc3)c3ccccc3-4)ccc21. The Morgan fingerprint density at radius 3 is 1.92 bits per heavy atom. The van der Waals surface area contributed by atoms with E-state index in [2.05, 4.69) is 130 Å². The van der Waals surface area contributed by atoms with Crippen LogP contribution >= 0.6 is 0 Å². The van der Waals surface area contributed by atoms with Gasteiger partial charge in [0.25, 0.3) is 0 Å². The van der Waals surface area contributed by atoms with Crippen molar-refractivity contribution in [3.05, 3.63) is 143 Å². The summed E-state index contributed by atoms with van der Waals surface area (Å²) >= 11 is 0. The third-order valence-electron chi connectivity index (χ3n) is 8.43. The standard InChI is InChI=1S/C35H28O/c1-34(2)29-15-9-10-16-32(29)36-33-22-24(18-20-30(33)34)23-17-19-27-26-13-7-8-14-28(26)35(3,31(27)21-23)25-11-5-4-6-12-25/h4-22H,1-3H3. The first-order chi connectivity index (χ1) is 17.5. The molecule has 1 heterocycles. The number of hydrogen-bond donors (Lipinski definition) is 0. The van der Waals surface area contributed by atoms with E-state index in [1.165, 1.54) is 50.1 Å². The molecule has 0 saturated carbocycles. The normalized spacial score (nSPS) is 18.4. The van der Waals surface area contributed by atoms with E-state index >= 15 is 0 Å². The summed E-state index contributed by atoms with van der Waals surface area (Å²) in [6.45, 7) is 6.93. The van der Waals surface area contributed by atoms with Gasteiger partial charge in [0.15, 0.2) is 0 Å². The number of ether oxygens (including phenoxy) is 1. The van der Waals surface area contributed by atoms with Gasteiger partial charge in [-0.15, -0.1) is 0 Å². The van der Waals surface area contributed by atoms with E-state index in [0.717, 1.165) is 11.5 Å². The van der Waals surface area contributed by atoms with Crippen LogP contribution in [0.25, 0.3) is 22.3 Å². The van der Waals surface area contributed by atoms with Crippen LogP contribution in [0.15, 0.2) is 115 Å². The minimum Gasteiger partial charge on any atom is -0.457 e. The zero-order chi connectivity index (χ0) is 24.5. The Labute approximate surface area is 213 Å². The average Bonchev–Trinajstić information content (AvgIpc) is 3.18. The lowest BCUT2D eigenvalue weighted by Crippen LogP contribution is -2.24. The molecular weight excluding hydrogens is 436 g/mol. The Morgan fingerprint density at radius 2 is 1.08 bits per heavy atom. The van der Waals surface area contributed by atoms with Gasteiger partial charge in [-0.2, -0.15) is 0 Å². The molecule has 0 radical (unpaired) electrons. The van der Waals surface area contributed by atoms with Crippen molar-refractivity contribution in [1.82, 2.24) is 0 Å². The monoisotopic (exact) mass is 464 g/mol. The highest BCUT2D eigenvalue weighted by molar-refractivity contribution is 5.86. The molecule has 7 rings (SSSR count). The number of para-hydroxylation sites is 1. The first-order valence-corrected chi connectivity index (χ1v) is 12.7. The van der Waals surface area contributed by atoms with Crippen molar-refractivity contribution in [2.75, 3.05) is 0 Å². The molecule has 0 saturated heterocycles. The molecule has 1 nitrogen and oxygen atoms in total. The van der Waals surface area contributed by atoms with Crippen molar-refractivity contribution in [3.63, 3.8) is 0 Å². The zero-order valence-corrected chi connectivity index (χ0v) is 20.9. The van der Waals surface area contributed by atoms with Gasteiger partial charge in [-0.1, -0.05) is 111 Å². The number of rotatable bonds is 2. The largest absolute Gasteiger partial charge is 0.457 e. The molecule has 5 aromatic rings. The maximum atomic E-state index is 6.43. The van der Waals surface area contributed by atoms with Crippen molar-refractivity contribution in [2.45, 2.75) is 31.6 Å².